The number of hydrogen-bond donors (Lipinski definition) is 0. The maximum absolute atomic E-state index is 12.1. The Labute approximate surface area is 98.2 Å². The summed E-state index contributed by atoms with van der Waals surface area (Å²) in [5.41, 5.74) is -0.191. The van der Waals surface area contributed by atoms with Crippen molar-refractivity contribution in [3.8, 4) is 0 Å². The third kappa shape index (κ3) is 3.32. The smallest absolute Gasteiger partial charge is 0.223 e. The van der Waals surface area contributed by atoms with E-state index in [-0.39, 0.29) is 22.6 Å². The predicted molar refractivity (Wildman–Crippen MR) is 64.1 cm³/mol. The van der Waals surface area contributed by atoms with Gasteiger partial charge in [0, 0.05) is 18.4 Å². The highest BCUT2D eigenvalue weighted by Crippen LogP contribution is 2.29. The fourth-order valence-corrected chi connectivity index (χ4v) is 2.02. The average Bonchev–Trinajstić information content (AvgIpc) is 2.06. The molecule has 92 valence electrons. The lowest BCUT2D eigenvalue weighted by Gasteiger charge is -2.42. The van der Waals surface area contributed by atoms with Crippen LogP contribution in [0.25, 0.3) is 0 Å². The van der Waals surface area contributed by atoms with Crippen molar-refractivity contribution in [2.45, 2.75) is 59.4 Å². The zero-order valence-corrected chi connectivity index (χ0v) is 11.1. The minimum atomic E-state index is -0.170. The first-order valence-corrected chi connectivity index (χ1v) is 5.94. The lowest BCUT2D eigenvalue weighted by Crippen LogP contribution is -2.54. The van der Waals surface area contributed by atoms with Crippen LogP contribution < -0.4 is 0 Å². The highest BCUT2D eigenvalue weighted by atomic mass is 16.2. The Morgan fingerprint density at radius 2 is 1.94 bits per heavy atom. The van der Waals surface area contributed by atoms with Crippen LogP contribution in [0.1, 0.15) is 53.9 Å². The zero-order chi connectivity index (χ0) is 12.6. The van der Waals surface area contributed by atoms with Gasteiger partial charge in [-0.1, -0.05) is 20.8 Å². The molecule has 0 aromatic heterocycles. The summed E-state index contributed by atoms with van der Waals surface area (Å²) in [5, 5.41) is 0. The molecule has 1 saturated heterocycles. The lowest BCUT2D eigenvalue weighted by molar-refractivity contribution is -0.146. The van der Waals surface area contributed by atoms with E-state index in [2.05, 4.69) is 0 Å². The fraction of sp³-hybridized carbons (Fsp3) is 0.846. The van der Waals surface area contributed by atoms with Gasteiger partial charge in [0.25, 0.3) is 0 Å². The van der Waals surface area contributed by atoms with Crippen LogP contribution in [-0.4, -0.2) is 28.7 Å². The van der Waals surface area contributed by atoms with Crippen molar-refractivity contribution in [1.29, 1.82) is 0 Å². The van der Waals surface area contributed by atoms with E-state index in [4.69, 9.17) is 0 Å². The molecule has 0 spiro atoms. The molecule has 0 unspecified atom stereocenters. The normalized spacial score (nSPS) is 21.1. The second kappa shape index (κ2) is 4.19. The number of carbonyl (C=O) groups excluding carboxylic acids is 2. The molecule has 1 rings (SSSR count). The van der Waals surface area contributed by atoms with Crippen LogP contribution in [0.5, 0.6) is 0 Å². The zero-order valence-electron chi connectivity index (χ0n) is 11.1. The van der Waals surface area contributed by atoms with Gasteiger partial charge in [-0.15, -0.1) is 0 Å². The molecule has 0 N–H and O–H groups in total. The number of rotatable bonds is 1. The molecule has 0 aromatic carbocycles. The van der Waals surface area contributed by atoms with Gasteiger partial charge in [-0.05, 0) is 25.7 Å². The molecule has 0 bridgehead atoms. The maximum atomic E-state index is 12.1. The van der Waals surface area contributed by atoms with E-state index in [1.165, 1.54) is 0 Å². The Morgan fingerprint density at radius 1 is 1.38 bits per heavy atom. The minimum absolute atomic E-state index is 0.0202. The van der Waals surface area contributed by atoms with Crippen LogP contribution >= 0.6 is 0 Å². The van der Waals surface area contributed by atoms with Crippen molar-refractivity contribution in [3.05, 3.63) is 0 Å². The first kappa shape index (κ1) is 13.2. The summed E-state index contributed by atoms with van der Waals surface area (Å²) >= 11 is 0. The number of piperidine rings is 1. The summed E-state index contributed by atoms with van der Waals surface area (Å²) in [6, 6.07) is 0. The van der Waals surface area contributed by atoms with Gasteiger partial charge < -0.3 is 4.90 Å². The average molecular weight is 225 g/mol. The van der Waals surface area contributed by atoms with Crippen molar-refractivity contribution >= 4 is 11.7 Å². The van der Waals surface area contributed by atoms with Crippen molar-refractivity contribution in [2.24, 2.45) is 5.41 Å². The van der Waals surface area contributed by atoms with Gasteiger partial charge in [0.2, 0.25) is 5.91 Å². The Morgan fingerprint density at radius 3 is 2.44 bits per heavy atom. The summed E-state index contributed by atoms with van der Waals surface area (Å²) in [7, 11) is 0. The molecule has 0 aliphatic carbocycles. The first-order valence-electron chi connectivity index (χ1n) is 5.94. The molecular formula is C13H23NO2. The van der Waals surface area contributed by atoms with E-state index in [9.17, 15) is 9.59 Å². The molecule has 0 radical (unpaired) electrons. The summed E-state index contributed by atoms with van der Waals surface area (Å²) in [4.78, 5) is 25.3. The third-order valence-electron chi connectivity index (χ3n) is 3.06. The van der Waals surface area contributed by atoms with E-state index in [1.54, 1.807) is 4.90 Å². The van der Waals surface area contributed by atoms with Crippen LogP contribution in [-0.2, 0) is 9.59 Å². The number of hydrogen-bond acceptors (Lipinski definition) is 2. The van der Waals surface area contributed by atoms with Crippen molar-refractivity contribution in [1.82, 2.24) is 4.90 Å². The topological polar surface area (TPSA) is 37.4 Å². The standard InChI is InChI=1S/C13H23NO2/c1-12(2,3)8-11(16)14-9-10(15)6-7-13(14,4)5/h6-9H2,1-5H3. The highest BCUT2D eigenvalue weighted by Gasteiger charge is 2.37. The number of ketones is 1. The number of carbonyl (C=O) groups is 2. The monoisotopic (exact) mass is 225 g/mol. The Balaban J connectivity index is 2.76. The molecule has 3 nitrogen and oxygen atoms in total. The first-order chi connectivity index (χ1) is 7.12. The second-order valence-corrected chi connectivity index (χ2v) is 6.57. The van der Waals surface area contributed by atoms with Crippen LogP contribution in [0.3, 0.4) is 0 Å². The molecule has 0 saturated carbocycles. The molecule has 3 heteroatoms. The number of nitrogens with zero attached hydrogens (tertiary/aromatic N) is 1. The van der Waals surface area contributed by atoms with Crippen molar-refractivity contribution < 1.29 is 9.59 Å². The number of Topliss-reactive ketones (excluding diaryl/α,β-unsaturated/α-hetero) is 1. The summed E-state index contributed by atoms with van der Waals surface area (Å²) < 4.78 is 0. The van der Waals surface area contributed by atoms with Crippen LogP contribution in [0, 0.1) is 5.41 Å². The Hall–Kier alpha value is -0.860. The molecule has 1 fully saturated rings. The largest absolute Gasteiger partial charge is 0.330 e. The van der Waals surface area contributed by atoms with E-state index < -0.39 is 0 Å². The quantitative estimate of drug-likeness (QED) is 0.687. The maximum Gasteiger partial charge on any atom is 0.223 e. The van der Waals surface area contributed by atoms with Gasteiger partial charge in [0.1, 0.15) is 0 Å². The SMILES string of the molecule is CC(C)(C)CC(=O)N1CC(=O)CCC1(C)C. The van der Waals surface area contributed by atoms with Gasteiger partial charge in [0.15, 0.2) is 5.78 Å². The molecule has 0 aromatic rings. The van der Waals surface area contributed by atoms with E-state index in [0.29, 0.717) is 19.4 Å². The highest BCUT2D eigenvalue weighted by molar-refractivity contribution is 5.88. The van der Waals surface area contributed by atoms with Gasteiger partial charge in [-0.3, -0.25) is 9.59 Å². The Bertz CT molecular complexity index is 300. The van der Waals surface area contributed by atoms with Gasteiger partial charge >= 0.3 is 0 Å². The minimum Gasteiger partial charge on any atom is -0.330 e. The van der Waals surface area contributed by atoms with Crippen LogP contribution in [0.2, 0.25) is 0 Å². The number of likely N-dealkylation sites (tertiary alicyclic amines) is 1. The summed E-state index contributed by atoms with van der Waals surface area (Å²) in [6.45, 7) is 10.5. The predicted octanol–water partition coefficient (Wildman–Crippen LogP) is 2.39. The molecule has 0 atom stereocenters. The molecule has 1 amide bonds. The molecule has 1 aliphatic rings. The van der Waals surface area contributed by atoms with E-state index in [1.807, 2.05) is 34.6 Å². The van der Waals surface area contributed by atoms with E-state index in [0.717, 1.165) is 6.42 Å². The van der Waals surface area contributed by atoms with Crippen molar-refractivity contribution in [3.63, 3.8) is 0 Å². The van der Waals surface area contributed by atoms with Gasteiger partial charge in [0.05, 0.1) is 6.54 Å². The molecule has 1 heterocycles. The van der Waals surface area contributed by atoms with Gasteiger partial charge in [-0.2, -0.15) is 0 Å². The van der Waals surface area contributed by atoms with E-state index >= 15 is 0 Å². The second-order valence-electron chi connectivity index (χ2n) is 6.57. The van der Waals surface area contributed by atoms with Gasteiger partial charge in [-0.25, -0.2) is 0 Å². The van der Waals surface area contributed by atoms with Crippen molar-refractivity contribution in [2.75, 3.05) is 6.54 Å². The fourth-order valence-electron chi connectivity index (χ4n) is 2.02. The molecule has 16 heavy (non-hydrogen) atoms. The van der Waals surface area contributed by atoms with Crippen LogP contribution in [0.15, 0.2) is 0 Å². The lowest BCUT2D eigenvalue weighted by atomic mass is 9.86. The van der Waals surface area contributed by atoms with Crippen LogP contribution in [0.4, 0.5) is 0 Å². The summed E-state index contributed by atoms with van der Waals surface area (Å²) in [5.74, 6) is 0.284. The third-order valence-corrected chi connectivity index (χ3v) is 3.06. The molecule has 1 aliphatic heterocycles. The Kier molecular flexibility index (Phi) is 3.46. The molecular weight excluding hydrogens is 202 g/mol. The number of amides is 1. The summed E-state index contributed by atoms with van der Waals surface area (Å²) in [6.07, 6.45) is 1.89.